The van der Waals surface area contributed by atoms with Crippen molar-refractivity contribution in [1.29, 1.82) is 0 Å². The van der Waals surface area contributed by atoms with Crippen LogP contribution in [0.5, 0.6) is 0 Å². The van der Waals surface area contributed by atoms with Gasteiger partial charge in [0.15, 0.2) is 12.4 Å². The number of aromatic nitrogens is 1. The van der Waals surface area contributed by atoms with Crippen LogP contribution in [0.4, 0.5) is 20.2 Å². The maximum Gasteiger partial charge on any atom is 0.290 e. The zero-order valence-corrected chi connectivity index (χ0v) is 15.8. The van der Waals surface area contributed by atoms with Gasteiger partial charge in [0.25, 0.3) is 11.6 Å². The number of halogens is 3. The van der Waals surface area contributed by atoms with Crippen LogP contribution in [0, 0.1) is 21.7 Å². The predicted octanol–water partition coefficient (Wildman–Crippen LogP) is 0.394. The third-order valence-electron chi connectivity index (χ3n) is 4.04. The first kappa shape index (κ1) is 21.9. The fraction of sp³-hybridized carbons (Fsp3) is 0.100. The molecule has 0 saturated carbocycles. The molecule has 1 N–H and O–H groups in total. The molecule has 0 spiro atoms. The van der Waals surface area contributed by atoms with E-state index in [0.717, 1.165) is 29.3 Å². The number of nitro groups is 1. The van der Waals surface area contributed by atoms with E-state index in [1.165, 1.54) is 12.1 Å². The number of carbonyl (C=O) groups excluding carboxylic acids is 1. The number of pyridine rings is 1. The molecule has 0 aliphatic rings. The standard InChI is InChI=1S/C20H15F2N3O3.ClH/c21-16-3-6-18(22)19(12-16)23-20(26)13-24-9-7-15(8-10-24)11-14-1-4-17(5-2-14)25(27)28;/h1-10,12H,11,13H2;1H. The molecule has 9 heteroatoms. The summed E-state index contributed by atoms with van der Waals surface area (Å²) in [4.78, 5) is 22.3. The van der Waals surface area contributed by atoms with Crippen LogP contribution < -0.4 is 22.3 Å². The number of hydrogen-bond donors (Lipinski definition) is 1. The van der Waals surface area contributed by atoms with E-state index in [1.54, 1.807) is 29.1 Å². The van der Waals surface area contributed by atoms with Gasteiger partial charge >= 0.3 is 0 Å². The molecule has 2 aromatic carbocycles. The Kier molecular flexibility index (Phi) is 7.33. The number of hydrogen-bond acceptors (Lipinski definition) is 3. The lowest BCUT2D eigenvalue weighted by atomic mass is 10.1. The zero-order chi connectivity index (χ0) is 20.1. The molecule has 6 nitrogen and oxygen atoms in total. The molecule has 29 heavy (non-hydrogen) atoms. The highest BCUT2D eigenvalue weighted by Gasteiger charge is 2.13. The van der Waals surface area contributed by atoms with Crippen LogP contribution >= 0.6 is 0 Å². The highest BCUT2D eigenvalue weighted by Crippen LogP contribution is 2.16. The van der Waals surface area contributed by atoms with Crippen molar-refractivity contribution < 1.29 is 35.5 Å². The Balaban J connectivity index is 0.00000300. The van der Waals surface area contributed by atoms with Crippen LogP contribution in [0.15, 0.2) is 67.0 Å². The van der Waals surface area contributed by atoms with Gasteiger partial charge in [-0.3, -0.25) is 14.9 Å². The van der Waals surface area contributed by atoms with Gasteiger partial charge in [-0.25, -0.2) is 8.78 Å². The molecular formula is C20H16ClF2N3O3. The van der Waals surface area contributed by atoms with Gasteiger partial charge in [-0.2, -0.15) is 4.57 Å². The molecule has 1 aromatic heterocycles. The van der Waals surface area contributed by atoms with Gasteiger partial charge in [0.05, 0.1) is 10.6 Å². The second kappa shape index (κ2) is 9.70. The largest absolute Gasteiger partial charge is 1.00 e. The molecule has 3 aromatic rings. The van der Waals surface area contributed by atoms with E-state index in [9.17, 15) is 23.7 Å². The molecule has 3 rings (SSSR count). The molecular weight excluding hydrogens is 404 g/mol. The van der Waals surface area contributed by atoms with Crippen LogP contribution in [0.25, 0.3) is 0 Å². The Morgan fingerprint density at radius 3 is 2.24 bits per heavy atom. The fourth-order valence-electron chi connectivity index (χ4n) is 2.63. The number of nitro benzene ring substituents is 1. The van der Waals surface area contributed by atoms with Crippen LogP contribution in [0.1, 0.15) is 11.1 Å². The first-order valence-electron chi connectivity index (χ1n) is 8.37. The second-order valence-corrected chi connectivity index (χ2v) is 6.15. The number of carbonyl (C=O) groups is 1. The van der Waals surface area contributed by atoms with Crippen LogP contribution in [-0.4, -0.2) is 10.8 Å². The predicted molar refractivity (Wildman–Crippen MR) is 97.5 cm³/mol. The highest BCUT2D eigenvalue weighted by molar-refractivity contribution is 5.89. The summed E-state index contributed by atoms with van der Waals surface area (Å²) in [5, 5.41) is 13.0. The lowest BCUT2D eigenvalue weighted by molar-refractivity contribution is -0.684. The van der Waals surface area contributed by atoms with E-state index < -0.39 is 22.5 Å². The first-order valence-corrected chi connectivity index (χ1v) is 8.37. The van der Waals surface area contributed by atoms with Gasteiger partial charge in [0.1, 0.15) is 11.6 Å². The molecule has 150 valence electrons. The minimum absolute atomic E-state index is 0. The van der Waals surface area contributed by atoms with E-state index in [1.807, 2.05) is 12.1 Å². The van der Waals surface area contributed by atoms with E-state index in [4.69, 9.17) is 0 Å². The van der Waals surface area contributed by atoms with Gasteiger partial charge < -0.3 is 17.7 Å². The van der Waals surface area contributed by atoms with Gasteiger partial charge in [-0.05, 0) is 29.7 Å². The van der Waals surface area contributed by atoms with Crippen molar-refractivity contribution >= 4 is 17.3 Å². The number of non-ortho nitro benzene ring substituents is 1. The molecule has 0 unspecified atom stereocenters. The van der Waals surface area contributed by atoms with Gasteiger partial charge in [-0.15, -0.1) is 0 Å². The van der Waals surface area contributed by atoms with Crippen LogP contribution in [0.3, 0.4) is 0 Å². The minimum atomic E-state index is -0.710. The normalized spacial score (nSPS) is 10.1. The van der Waals surface area contributed by atoms with Crippen LogP contribution in [-0.2, 0) is 17.8 Å². The van der Waals surface area contributed by atoms with Crippen molar-refractivity contribution in [2.45, 2.75) is 13.0 Å². The SMILES string of the molecule is O=C(C[n+]1ccc(Cc2ccc([N+](=O)[O-])cc2)cc1)Nc1cc(F)ccc1F.[Cl-]. The molecule has 0 fully saturated rings. The van der Waals surface area contributed by atoms with Crippen LogP contribution in [0.2, 0.25) is 0 Å². The summed E-state index contributed by atoms with van der Waals surface area (Å²) in [5.41, 5.74) is 1.71. The first-order chi connectivity index (χ1) is 13.4. The topological polar surface area (TPSA) is 76.1 Å². The molecule has 0 bridgehead atoms. The third kappa shape index (κ3) is 6.05. The average molecular weight is 420 g/mol. The Hall–Kier alpha value is -3.39. The monoisotopic (exact) mass is 419 g/mol. The van der Waals surface area contributed by atoms with Crippen molar-refractivity contribution in [3.8, 4) is 0 Å². The maximum atomic E-state index is 13.6. The number of amides is 1. The van der Waals surface area contributed by atoms with Gasteiger partial charge in [0, 0.05) is 30.3 Å². The van der Waals surface area contributed by atoms with Crippen molar-refractivity contribution in [2.24, 2.45) is 0 Å². The second-order valence-electron chi connectivity index (χ2n) is 6.15. The number of benzene rings is 2. The molecule has 0 saturated heterocycles. The lowest BCUT2D eigenvalue weighted by Gasteiger charge is -2.05. The summed E-state index contributed by atoms with van der Waals surface area (Å²) in [6.07, 6.45) is 3.98. The third-order valence-corrected chi connectivity index (χ3v) is 4.04. The molecule has 1 amide bonds. The van der Waals surface area contributed by atoms with Crippen molar-refractivity contribution in [2.75, 3.05) is 5.32 Å². The number of anilines is 1. The van der Waals surface area contributed by atoms with Crippen molar-refractivity contribution in [3.63, 3.8) is 0 Å². The Morgan fingerprint density at radius 2 is 1.62 bits per heavy atom. The molecule has 0 aliphatic heterocycles. The smallest absolute Gasteiger partial charge is 0.290 e. The molecule has 0 atom stereocenters. The number of nitrogens with zero attached hydrogens (tertiary/aromatic N) is 2. The summed E-state index contributed by atoms with van der Waals surface area (Å²) in [5.74, 6) is -1.84. The molecule has 0 aliphatic carbocycles. The maximum absolute atomic E-state index is 13.6. The summed E-state index contributed by atoms with van der Waals surface area (Å²) in [7, 11) is 0. The molecule has 1 heterocycles. The lowest BCUT2D eigenvalue weighted by Crippen LogP contribution is -3.00. The minimum Gasteiger partial charge on any atom is -1.00 e. The van der Waals surface area contributed by atoms with E-state index in [2.05, 4.69) is 5.32 Å². The van der Waals surface area contributed by atoms with Gasteiger partial charge in [0.2, 0.25) is 6.54 Å². The van der Waals surface area contributed by atoms with E-state index in [-0.39, 0.29) is 30.3 Å². The summed E-state index contributed by atoms with van der Waals surface area (Å²) in [6, 6.07) is 12.8. The number of rotatable bonds is 6. The Bertz CT molecular complexity index is 1010. The Labute approximate surface area is 171 Å². The van der Waals surface area contributed by atoms with E-state index in [0.29, 0.717) is 6.42 Å². The molecule has 0 radical (unpaired) electrons. The summed E-state index contributed by atoms with van der Waals surface area (Å²) in [6.45, 7) is -0.0617. The fourth-order valence-corrected chi connectivity index (χ4v) is 2.63. The van der Waals surface area contributed by atoms with Crippen molar-refractivity contribution in [1.82, 2.24) is 0 Å². The Morgan fingerprint density at radius 1 is 1.00 bits per heavy atom. The van der Waals surface area contributed by atoms with Gasteiger partial charge in [-0.1, -0.05) is 12.1 Å². The van der Waals surface area contributed by atoms with Crippen molar-refractivity contribution in [3.05, 3.63) is 99.9 Å². The quantitative estimate of drug-likeness (QED) is 0.357. The highest BCUT2D eigenvalue weighted by atomic mass is 35.5. The summed E-state index contributed by atoms with van der Waals surface area (Å²) >= 11 is 0. The average Bonchev–Trinajstić information content (AvgIpc) is 2.67. The number of nitrogens with one attached hydrogen (secondary N) is 1. The zero-order valence-electron chi connectivity index (χ0n) is 15.0. The van der Waals surface area contributed by atoms with E-state index >= 15 is 0 Å². The summed E-state index contributed by atoms with van der Waals surface area (Å²) < 4.78 is 28.3.